The number of fused-ring (bicyclic) bond motifs is 2. The molecule has 2 heterocycles. The molecule has 27 heavy (non-hydrogen) atoms. The van der Waals surface area contributed by atoms with Crippen molar-refractivity contribution >= 4 is 27.5 Å². The highest BCUT2D eigenvalue weighted by Crippen LogP contribution is 2.31. The molecule has 1 aliphatic carbocycles. The second-order valence-corrected chi connectivity index (χ2v) is 8.26. The van der Waals surface area contributed by atoms with Crippen LogP contribution in [0.1, 0.15) is 71.5 Å². The maximum atomic E-state index is 13.2. The predicted molar refractivity (Wildman–Crippen MR) is 109 cm³/mol. The summed E-state index contributed by atoms with van der Waals surface area (Å²) in [6, 6.07) is 8.43. The highest BCUT2D eigenvalue weighted by molar-refractivity contribution is 9.10. The Kier molecular flexibility index (Phi) is 4.76. The third kappa shape index (κ3) is 3.16. The van der Waals surface area contributed by atoms with E-state index in [-0.39, 0.29) is 17.9 Å². The van der Waals surface area contributed by atoms with Gasteiger partial charge in [-0.25, -0.2) is 9.50 Å². The van der Waals surface area contributed by atoms with Crippen LogP contribution in [0.4, 0.5) is 0 Å². The van der Waals surface area contributed by atoms with Gasteiger partial charge in [0, 0.05) is 6.20 Å². The molecule has 2 aromatic heterocycles. The maximum Gasteiger partial charge on any atom is 0.255 e. The van der Waals surface area contributed by atoms with Crippen LogP contribution >= 0.6 is 15.9 Å². The molecule has 5 nitrogen and oxygen atoms in total. The van der Waals surface area contributed by atoms with Crippen molar-refractivity contribution in [3.05, 3.63) is 63.0 Å². The Morgan fingerprint density at radius 1 is 1.33 bits per heavy atom. The third-order valence-corrected chi connectivity index (χ3v) is 6.18. The minimum Gasteiger partial charge on any atom is -0.345 e. The molecule has 1 atom stereocenters. The van der Waals surface area contributed by atoms with Gasteiger partial charge in [-0.15, -0.1) is 0 Å². The van der Waals surface area contributed by atoms with Gasteiger partial charge in [0.25, 0.3) is 5.91 Å². The van der Waals surface area contributed by atoms with Gasteiger partial charge in [-0.1, -0.05) is 38.1 Å². The Hall–Kier alpha value is -2.21. The average Bonchev–Trinajstić information content (AvgIpc) is 2.95. The summed E-state index contributed by atoms with van der Waals surface area (Å²) in [5.74, 6) is 0.0557. The molecule has 0 aliphatic heterocycles. The van der Waals surface area contributed by atoms with Gasteiger partial charge in [-0.05, 0) is 59.2 Å². The summed E-state index contributed by atoms with van der Waals surface area (Å²) in [6.45, 7) is 6.08. The molecule has 6 heteroatoms. The van der Waals surface area contributed by atoms with E-state index in [1.165, 1.54) is 11.1 Å². The van der Waals surface area contributed by atoms with Crippen molar-refractivity contribution < 1.29 is 4.79 Å². The standard InChI is InChI=1S/C21H23BrN4O/c1-12(2)19-16(11-23-20-18(22)13(3)25-26(19)20)21(27)24-17-10-6-8-14-7-4-5-9-15(14)17/h4-5,7,9,11-12,17H,6,8,10H2,1-3H3,(H,24,27)/t17-/m0/s1. The van der Waals surface area contributed by atoms with Gasteiger partial charge in [-0.3, -0.25) is 4.79 Å². The summed E-state index contributed by atoms with van der Waals surface area (Å²) in [5, 5.41) is 7.83. The van der Waals surface area contributed by atoms with E-state index in [1.54, 1.807) is 10.7 Å². The lowest BCUT2D eigenvalue weighted by molar-refractivity contribution is 0.0930. The van der Waals surface area contributed by atoms with Crippen LogP contribution in [-0.2, 0) is 6.42 Å². The summed E-state index contributed by atoms with van der Waals surface area (Å²) < 4.78 is 2.67. The van der Waals surface area contributed by atoms with Crippen molar-refractivity contribution in [2.75, 3.05) is 0 Å². The highest BCUT2D eigenvalue weighted by Gasteiger charge is 2.25. The number of hydrogen-bond donors (Lipinski definition) is 1. The fourth-order valence-electron chi connectivity index (χ4n) is 3.95. The van der Waals surface area contributed by atoms with Crippen LogP contribution in [-0.4, -0.2) is 20.5 Å². The summed E-state index contributed by atoms with van der Waals surface area (Å²) in [4.78, 5) is 17.7. The van der Waals surface area contributed by atoms with Gasteiger partial charge < -0.3 is 5.32 Å². The summed E-state index contributed by atoms with van der Waals surface area (Å²) in [7, 11) is 0. The number of aromatic nitrogens is 3. The van der Waals surface area contributed by atoms with Crippen LogP contribution in [0, 0.1) is 6.92 Å². The van der Waals surface area contributed by atoms with E-state index in [2.05, 4.69) is 63.4 Å². The van der Waals surface area contributed by atoms with Crippen molar-refractivity contribution in [3.8, 4) is 0 Å². The molecule has 4 rings (SSSR count). The zero-order chi connectivity index (χ0) is 19.1. The monoisotopic (exact) mass is 426 g/mol. The van der Waals surface area contributed by atoms with Crippen molar-refractivity contribution in [2.24, 2.45) is 0 Å². The van der Waals surface area contributed by atoms with E-state index in [1.807, 2.05) is 13.0 Å². The number of nitrogens with one attached hydrogen (secondary N) is 1. The van der Waals surface area contributed by atoms with Crippen molar-refractivity contribution in [3.63, 3.8) is 0 Å². The Labute approximate surface area is 167 Å². The number of nitrogens with zero attached hydrogens (tertiary/aromatic N) is 3. The molecule has 0 fully saturated rings. The minimum atomic E-state index is -0.0842. The molecule has 0 unspecified atom stereocenters. The van der Waals surface area contributed by atoms with Crippen LogP contribution in [0.15, 0.2) is 34.9 Å². The first-order chi connectivity index (χ1) is 13.0. The Bertz CT molecular complexity index is 1020. The number of amides is 1. The summed E-state index contributed by atoms with van der Waals surface area (Å²) in [6.07, 6.45) is 4.80. The number of benzene rings is 1. The SMILES string of the molecule is Cc1nn2c(C(C)C)c(C(=O)N[C@H]3CCCc4ccccc43)cnc2c1Br. The quantitative estimate of drug-likeness (QED) is 0.658. The molecular formula is C21H23BrN4O. The smallest absolute Gasteiger partial charge is 0.255 e. The molecule has 0 bridgehead atoms. The number of carbonyl (C=O) groups excluding carboxylic acids is 1. The normalized spacial score (nSPS) is 16.6. The zero-order valence-corrected chi connectivity index (χ0v) is 17.4. The number of rotatable bonds is 3. The number of hydrogen-bond acceptors (Lipinski definition) is 3. The second-order valence-electron chi connectivity index (χ2n) is 7.46. The Morgan fingerprint density at radius 3 is 2.89 bits per heavy atom. The van der Waals surface area contributed by atoms with E-state index < -0.39 is 0 Å². The van der Waals surface area contributed by atoms with E-state index in [0.29, 0.717) is 5.56 Å². The second kappa shape index (κ2) is 7.08. The maximum absolute atomic E-state index is 13.2. The van der Waals surface area contributed by atoms with E-state index in [4.69, 9.17) is 0 Å². The van der Waals surface area contributed by atoms with Crippen LogP contribution in [0.2, 0.25) is 0 Å². The van der Waals surface area contributed by atoms with E-state index >= 15 is 0 Å². The molecule has 0 radical (unpaired) electrons. The molecular weight excluding hydrogens is 404 g/mol. The molecule has 3 aromatic rings. The van der Waals surface area contributed by atoms with E-state index in [0.717, 1.165) is 40.8 Å². The first kappa shape index (κ1) is 18.2. The lowest BCUT2D eigenvalue weighted by Crippen LogP contribution is -2.32. The average molecular weight is 427 g/mol. The molecule has 1 amide bonds. The fourth-order valence-corrected chi connectivity index (χ4v) is 4.30. The van der Waals surface area contributed by atoms with Crippen molar-refractivity contribution in [1.82, 2.24) is 19.9 Å². The van der Waals surface area contributed by atoms with Gasteiger partial charge in [0.1, 0.15) is 0 Å². The topological polar surface area (TPSA) is 59.3 Å². The minimum absolute atomic E-state index is 0.0456. The molecule has 0 saturated carbocycles. The van der Waals surface area contributed by atoms with E-state index in [9.17, 15) is 4.79 Å². The molecule has 0 saturated heterocycles. The Balaban J connectivity index is 1.73. The number of carbonyl (C=O) groups is 1. The molecule has 1 aliphatic rings. The van der Waals surface area contributed by atoms with Crippen LogP contribution < -0.4 is 5.32 Å². The third-order valence-electron chi connectivity index (χ3n) is 5.25. The van der Waals surface area contributed by atoms with Crippen LogP contribution in [0.3, 0.4) is 0 Å². The van der Waals surface area contributed by atoms with Crippen LogP contribution in [0.25, 0.3) is 5.65 Å². The largest absolute Gasteiger partial charge is 0.345 e. The van der Waals surface area contributed by atoms with Gasteiger partial charge in [0.05, 0.1) is 27.5 Å². The van der Waals surface area contributed by atoms with Crippen LogP contribution in [0.5, 0.6) is 0 Å². The van der Waals surface area contributed by atoms with Crippen molar-refractivity contribution in [2.45, 2.75) is 52.0 Å². The molecule has 1 aromatic carbocycles. The highest BCUT2D eigenvalue weighted by atomic mass is 79.9. The number of aryl methyl sites for hydroxylation is 2. The fraction of sp³-hybridized carbons (Fsp3) is 0.381. The van der Waals surface area contributed by atoms with Gasteiger partial charge >= 0.3 is 0 Å². The molecule has 140 valence electrons. The predicted octanol–water partition coefficient (Wildman–Crippen LogP) is 4.73. The van der Waals surface area contributed by atoms with Gasteiger partial charge in [-0.2, -0.15) is 5.10 Å². The summed E-state index contributed by atoms with van der Waals surface area (Å²) in [5.41, 5.74) is 5.65. The Morgan fingerprint density at radius 2 is 2.11 bits per heavy atom. The lowest BCUT2D eigenvalue weighted by atomic mass is 9.87. The first-order valence-electron chi connectivity index (χ1n) is 9.39. The van der Waals surface area contributed by atoms with Crippen molar-refractivity contribution in [1.29, 1.82) is 0 Å². The van der Waals surface area contributed by atoms with Gasteiger partial charge in [0.15, 0.2) is 5.65 Å². The zero-order valence-electron chi connectivity index (χ0n) is 15.8. The molecule has 0 spiro atoms. The summed E-state index contributed by atoms with van der Waals surface area (Å²) >= 11 is 3.55. The van der Waals surface area contributed by atoms with Gasteiger partial charge in [0.2, 0.25) is 0 Å². The first-order valence-corrected chi connectivity index (χ1v) is 10.2. The molecule has 1 N–H and O–H groups in total. The number of halogens is 1. The lowest BCUT2D eigenvalue weighted by Gasteiger charge is -2.27.